The van der Waals surface area contributed by atoms with E-state index in [0.717, 1.165) is 12.8 Å². The van der Waals surface area contributed by atoms with Gasteiger partial charge in [0.25, 0.3) is 0 Å². The lowest BCUT2D eigenvalue weighted by molar-refractivity contribution is 0.295. The van der Waals surface area contributed by atoms with Crippen LogP contribution >= 0.6 is 11.8 Å². The van der Waals surface area contributed by atoms with Crippen molar-refractivity contribution >= 4 is 21.8 Å². The van der Waals surface area contributed by atoms with E-state index in [1.807, 2.05) is 6.26 Å². The summed E-state index contributed by atoms with van der Waals surface area (Å²) in [6, 6.07) is 0. The van der Waals surface area contributed by atoms with E-state index in [1.165, 1.54) is 6.92 Å². The van der Waals surface area contributed by atoms with Gasteiger partial charge in [-0.15, -0.1) is 0 Å². The first-order valence-corrected chi connectivity index (χ1v) is 7.37. The van der Waals surface area contributed by atoms with E-state index < -0.39 is 15.3 Å². The van der Waals surface area contributed by atoms with Gasteiger partial charge in [0.2, 0.25) is 10.0 Å². The highest BCUT2D eigenvalue weighted by Gasteiger charge is 2.42. The van der Waals surface area contributed by atoms with Gasteiger partial charge in [-0.2, -0.15) is 11.8 Å². The Kier molecular flexibility index (Phi) is 3.85. The van der Waals surface area contributed by atoms with Crippen LogP contribution in [0.15, 0.2) is 0 Å². The molecule has 0 aromatic heterocycles. The van der Waals surface area contributed by atoms with Gasteiger partial charge in [0, 0.05) is 11.3 Å². The topological polar surface area (TPSA) is 66.4 Å². The normalized spacial score (nSPS) is 21.9. The average molecular weight is 239 g/mol. The molecular weight excluding hydrogens is 222 g/mol. The third kappa shape index (κ3) is 2.85. The lowest BCUT2D eigenvalue weighted by Gasteiger charge is -2.15. The van der Waals surface area contributed by atoms with Gasteiger partial charge in [-0.05, 0) is 26.0 Å². The number of sulfonamides is 1. The van der Waals surface area contributed by atoms with Crippen LogP contribution < -0.4 is 4.72 Å². The maximum Gasteiger partial charge on any atom is 0.216 e. The summed E-state index contributed by atoms with van der Waals surface area (Å²) in [5, 5.41) is 8.03. The van der Waals surface area contributed by atoms with Gasteiger partial charge in [0.15, 0.2) is 0 Å². The summed E-state index contributed by atoms with van der Waals surface area (Å²) in [6.07, 6.45) is 4.14. The van der Waals surface area contributed by atoms with E-state index >= 15 is 0 Å². The molecule has 0 radical (unpaired) electrons. The van der Waals surface area contributed by atoms with E-state index in [1.54, 1.807) is 11.8 Å². The molecule has 0 aliphatic heterocycles. The second-order valence-corrected chi connectivity index (χ2v) is 7.20. The van der Waals surface area contributed by atoms with Gasteiger partial charge in [-0.3, -0.25) is 0 Å². The molecule has 84 valence electrons. The maximum absolute atomic E-state index is 11.5. The number of hydrogen-bond donors (Lipinski definition) is 2. The molecule has 4 nitrogen and oxygen atoms in total. The van der Waals surface area contributed by atoms with Gasteiger partial charge in [-0.25, -0.2) is 13.1 Å². The standard InChI is InChI=1S/C8H17NO3S2/c1-7(5-10)14(11,12)9-6-8(13-2)3-4-8/h7,9-10H,3-6H2,1-2H3. The van der Waals surface area contributed by atoms with Crippen LogP contribution in [0.5, 0.6) is 0 Å². The molecule has 1 aliphatic rings. The molecule has 0 saturated heterocycles. The van der Waals surface area contributed by atoms with Crippen LogP contribution in [0.4, 0.5) is 0 Å². The van der Waals surface area contributed by atoms with Gasteiger partial charge in [0.05, 0.1) is 11.9 Å². The quantitative estimate of drug-likeness (QED) is 0.694. The van der Waals surface area contributed by atoms with Crippen molar-refractivity contribution in [1.82, 2.24) is 4.72 Å². The van der Waals surface area contributed by atoms with Crippen molar-refractivity contribution in [3.05, 3.63) is 0 Å². The van der Waals surface area contributed by atoms with Crippen molar-refractivity contribution in [2.75, 3.05) is 19.4 Å². The smallest absolute Gasteiger partial charge is 0.216 e. The predicted molar refractivity (Wildman–Crippen MR) is 59.0 cm³/mol. The zero-order chi connectivity index (χ0) is 10.8. The van der Waals surface area contributed by atoms with Gasteiger partial charge in [-0.1, -0.05) is 0 Å². The van der Waals surface area contributed by atoms with Crippen molar-refractivity contribution in [2.45, 2.75) is 29.8 Å². The van der Waals surface area contributed by atoms with Crippen LogP contribution in [-0.2, 0) is 10.0 Å². The first kappa shape index (κ1) is 12.3. The number of thioether (sulfide) groups is 1. The summed E-state index contributed by atoms with van der Waals surface area (Å²) >= 11 is 1.71. The number of aliphatic hydroxyl groups excluding tert-OH is 1. The molecule has 1 atom stereocenters. The molecule has 2 N–H and O–H groups in total. The Morgan fingerprint density at radius 1 is 1.57 bits per heavy atom. The Morgan fingerprint density at radius 2 is 2.14 bits per heavy atom. The van der Waals surface area contributed by atoms with Crippen molar-refractivity contribution in [2.24, 2.45) is 0 Å². The number of rotatable bonds is 6. The van der Waals surface area contributed by atoms with Crippen molar-refractivity contribution in [3.63, 3.8) is 0 Å². The maximum atomic E-state index is 11.5. The van der Waals surface area contributed by atoms with Crippen molar-refractivity contribution in [3.8, 4) is 0 Å². The van der Waals surface area contributed by atoms with Gasteiger partial charge < -0.3 is 5.11 Å². The highest BCUT2D eigenvalue weighted by Crippen LogP contribution is 2.46. The van der Waals surface area contributed by atoms with E-state index in [9.17, 15) is 8.42 Å². The van der Waals surface area contributed by atoms with E-state index in [0.29, 0.717) is 6.54 Å². The lowest BCUT2D eigenvalue weighted by Crippen LogP contribution is -2.38. The van der Waals surface area contributed by atoms with Crippen LogP contribution in [0.3, 0.4) is 0 Å². The second-order valence-electron chi connectivity index (χ2n) is 3.75. The van der Waals surface area contributed by atoms with Gasteiger partial charge in [0.1, 0.15) is 0 Å². The molecule has 1 rings (SSSR count). The largest absolute Gasteiger partial charge is 0.395 e. The molecular formula is C8H17NO3S2. The summed E-state index contributed by atoms with van der Waals surface area (Å²) < 4.78 is 25.6. The van der Waals surface area contributed by atoms with Crippen LogP contribution in [0.2, 0.25) is 0 Å². The molecule has 0 bridgehead atoms. The summed E-state index contributed by atoms with van der Waals surface area (Å²) in [5.41, 5.74) is 0. The Hall–Kier alpha value is 0.220. The van der Waals surface area contributed by atoms with E-state index in [4.69, 9.17) is 5.11 Å². The monoisotopic (exact) mass is 239 g/mol. The third-order valence-electron chi connectivity index (χ3n) is 2.62. The molecule has 1 fully saturated rings. The predicted octanol–water partition coefficient (Wildman–Crippen LogP) is 0.182. The molecule has 0 spiro atoms. The lowest BCUT2D eigenvalue weighted by atomic mass is 10.4. The summed E-state index contributed by atoms with van der Waals surface area (Å²) in [5.74, 6) is 0. The fourth-order valence-electron chi connectivity index (χ4n) is 1.06. The van der Waals surface area contributed by atoms with Gasteiger partial charge >= 0.3 is 0 Å². The van der Waals surface area contributed by atoms with Crippen LogP contribution in [0.25, 0.3) is 0 Å². The van der Waals surface area contributed by atoms with E-state index in [-0.39, 0.29) is 11.4 Å². The molecule has 6 heteroatoms. The fraction of sp³-hybridized carbons (Fsp3) is 1.00. The first-order valence-electron chi connectivity index (χ1n) is 4.60. The minimum atomic E-state index is -3.33. The Balaban J connectivity index is 2.44. The molecule has 14 heavy (non-hydrogen) atoms. The number of hydrogen-bond acceptors (Lipinski definition) is 4. The zero-order valence-corrected chi connectivity index (χ0v) is 10.1. The van der Waals surface area contributed by atoms with Crippen molar-refractivity contribution < 1.29 is 13.5 Å². The fourth-order valence-corrected chi connectivity index (χ4v) is 2.84. The molecule has 1 saturated carbocycles. The molecule has 0 amide bonds. The summed E-state index contributed by atoms with van der Waals surface area (Å²) in [7, 11) is -3.33. The second kappa shape index (κ2) is 4.38. The van der Waals surface area contributed by atoms with E-state index in [2.05, 4.69) is 4.72 Å². The number of aliphatic hydroxyl groups is 1. The summed E-state index contributed by atoms with van der Waals surface area (Å²) in [4.78, 5) is 0. The minimum Gasteiger partial charge on any atom is -0.395 e. The minimum absolute atomic E-state index is 0.127. The van der Waals surface area contributed by atoms with Crippen molar-refractivity contribution in [1.29, 1.82) is 0 Å². The Labute approximate surface area is 89.5 Å². The summed E-state index contributed by atoms with van der Waals surface area (Å²) in [6.45, 7) is 1.66. The average Bonchev–Trinajstić information content (AvgIpc) is 2.94. The zero-order valence-electron chi connectivity index (χ0n) is 8.49. The molecule has 0 aromatic rings. The van der Waals surface area contributed by atoms with Crippen LogP contribution in [-0.4, -0.2) is 42.9 Å². The Morgan fingerprint density at radius 3 is 2.50 bits per heavy atom. The first-order chi connectivity index (χ1) is 6.46. The molecule has 0 heterocycles. The Bertz CT molecular complexity index is 285. The third-order valence-corrected chi connectivity index (χ3v) is 5.80. The van der Waals surface area contributed by atoms with Crippen LogP contribution in [0, 0.1) is 0 Å². The highest BCUT2D eigenvalue weighted by molar-refractivity contribution is 8.00. The molecule has 1 aliphatic carbocycles. The van der Waals surface area contributed by atoms with Crippen LogP contribution in [0.1, 0.15) is 19.8 Å². The molecule has 1 unspecified atom stereocenters. The highest BCUT2D eigenvalue weighted by atomic mass is 32.2. The number of nitrogens with one attached hydrogen (secondary N) is 1. The molecule has 0 aromatic carbocycles. The SMILES string of the molecule is CSC1(CNS(=O)(=O)C(C)CO)CC1.